The van der Waals surface area contributed by atoms with Crippen LogP contribution in [0.15, 0.2) is 75.5 Å². The minimum atomic E-state index is -3.85. The van der Waals surface area contributed by atoms with Crippen LogP contribution in [0.5, 0.6) is 0 Å². The highest BCUT2D eigenvalue weighted by Crippen LogP contribution is 2.24. The molecule has 3 aromatic rings. The average Bonchev–Trinajstić information content (AvgIpc) is 3.25. The summed E-state index contributed by atoms with van der Waals surface area (Å²) in [5.41, 5.74) is 1.59. The topological polar surface area (TPSA) is 103 Å². The number of halogens is 1. The van der Waals surface area contributed by atoms with Crippen molar-refractivity contribution in [3.63, 3.8) is 0 Å². The maximum Gasteiger partial charge on any atom is 0.261 e. The van der Waals surface area contributed by atoms with Crippen LogP contribution in [0.1, 0.15) is 22.6 Å². The third-order valence-electron chi connectivity index (χ3n) is 4.82. The van der Waals surface area contributed by atoms with Crippen molar-refractivity contribution < 1.29 is 17.6 Å². The number of nitrogens with zero attached hydrogens (tertiary/aromatic N) is 2. The molecule has 9 heteroatoms. The van der Waals surface area contributed by atoms with E-state index < -0.39 is 15.9 Å². The lowest BCUT2D eigenvalue weighted by molar-refractivity contribution is -0.116. The molecule has 0 aliphatic rings. The molecule has 170 valence electrons. The number of hydrogen-bond acceptors (Lipinski definition) is 5. The van der Waals surface area contributed by atoms with Crippen molar-refractivity contribution in [2.45, 2.75) is 24.9 Å². The standard InChI is InChI=1S/C24H22ClN3O4S/c1-17-3-11-23(12-4-17)33(30,31)28(15-18-5-7-20(25)8-6-18)16-22-10-9-21(32-22)13-19(14-26)24(29)27-2/h3-13H,15-16H2,1-2H3,(H,27,29)/b19-13-. The van der Waals surface area contributed by atoms with Crippen molar-refractivity contribution in [3.8, 4) is 6.07 Å². The molecule has 0 spiro atoms. The Kier molecular flexibility index (Phi) is 7.71. The molecule has 0 atom stereocenters. The van der Waals surface area contributed by atoms with Crippen LogP contribution in [0.2, 0.25) is 5.02 Å². The number of rotatable bonds is 8. The number of nitrogens with one attached hydrogen (secondary N) is 1. The number of aryl methyl sites for hydroxylation is 1. The van der Waals surface area contributed by atoms with Gasteiger partial charge in [0.05, 0.1) is 11.4 Å². The van der Waals surface area contributed by atoms with E-state index in [1.807, 2.05) is 13.0 Å². The first-order valence-electron chi connectivity index (χ1n) is 9.97. The normalized spacial score (nSPS) is 11.9. The molecule has 3 rings (SSSR count). The molecule has 2 aromatic carbocycles. The smallest absolute Gasteiger partial charge is 0.261 e. The molecule has 0 saturated carbocycles. The second-order valence-electron chi connectivity index (χ2n) is 7.27. The molecular formula is C24H22ClN3O4S. The second kappa shape index (κ2) is 10.5. The highest BCUT2D eigenvalue weighted by Gasteiger charge is 2.26. The fraction of sp³-hybridized carbons (Fsp3) is 0.167. The third kappa shape index (κ3) is 6.11. The van der Waals surface area contributed by atoms with Gasteiger partial charge < -0.3 is 9.73 Å². The predicted octanol–water partition coefficient (Wildman–Crippen LogP) is 4.29. The molecule has 1 N–H and O–H groups in total. The number of amides is 1. The Balaban J connectivity index is 1.93. The highest BCUT2D eigenvalue weighted by atomic mass is 35.5. The van der Waals surface area contributed by atoms with Gasteiger partial charge in [-0.2, -0.15) is 9.57 Å². The molecule has 0 radical (unpaired) electrons. The van der Waals surface area contributed by atoms with Gasteiger partial charge in [0.15, 0.2) is 0 Å². The molecule has 0 saturated heterocycles. The van der Waals surface area contributed by atoms with Gasteiger partial charge in [0.2, 0.25) is 10.0 Å². The highest BCUT2D eigenvalue weighted by molar-refractivity contribution is 7.89. The number of likely N-dealkylation sites (N-methyl/N-ethyl adjacent to an activating group) is 1. The van der Waals surface area contributed by atoms with Crippen LogP contribution in [0.25, 0.3) is 6.08 Å². The lowest BCUT2D eigenvalue weighted by Crippen LogP contribution is -2.30. The minimum Gasteiger partial charge on any atom is -0.460 e. The quantitative estimate of drug-likeness (QED) is 0.380. The van der Waals surface area contributed by atoms with Crippen LogP contribution in [0.4, 0.5) is 0 Å². The summed E-state index contributed by atoms with van der Waals surface area (Å²) in [6.45, 7) is 1.93. The number of benzene rings is 2. The molecule has 0 bridgehead atoms. The number of hydrogen-bond donors (Lipinski definition) is 1. The fourth-order valence-corrected chi connectivity index (χ4v) is 4.56. The van der Waals surface area contributed by atoms with Crippen LogP contribution < -0.4 is 5.32 Å². The van der Waals surface area contributed by atoms with Gasteiger partial charge in [-0.1, -0.05) is 41.4 Å². The van der Waals surface area contributed by atoms with Gasteiger partial charge in [-0.3, -0.25) is 4.79 Å². The fourth-order valence-electron chi connectivity index (χ4n) is 3.04. The van der Waals surface area contributed by atoms with Crippen molar-refractivity contribution in [3.05, 3.63) is 93.9 Å². The van der Waals surface area contributed by atoms with Gasteiger partial charge >= 0.3 is 0 Å². The Hall–Kier alpha value is -3.38. The first kappa shape index (κ1) is 24.3. The Morgan fingerprint density at radius 3 is 2.36 bits per heavy atom. The molecule has 1 aromatic heterocycles. The lowest BCUT2D eigenvalue weighted by Gasteiger charge is -2.21. The van der Waals surface area contributed by atoms with Crippen molar-refractivity contribution in [2.75, 3.05) is 7.05 Å². The maximum atomic E-state index is 13.4. The Labute approximate surface area is 197 Å². The Morgan fingerprint density at radius 1 is 1.09 bits per heavy atom. The number of carbonyl (C=O) groups excluding carboxylic acids is 1. The number of furan rings is 1. The zero-order valence-corrected chi connectivity index (χ0v) is 19.7. The summed E-state index contributed by atoms with van der Waals surface area (Å²) < 4.78 is 33.9. The summed E-state index contributed by atoms with van der Waals surface area (Å²) in [6, 6.07) is 18.5. The molecule has 1 amide bonds. The van der Waals surface area contributed by atoms with Crippen molar-refractivity contribution >= 4 is 33.6 Å². The van der Waals surface area contributed by atoms with Crippen molar-refractivity contribution in [2.24, 2.45) is 0 Å². The number of sulfonamides is 1. The summed E-state index contributed by atoms with van der Waals surface area (Å²) in [7, 11) is -2.43. The largest absolute Gasteiger partial charge is 0.460 e. The molecule has 0 aliphatic heterocycles. The van der Waals surface area contributed by atoms with E-state index in [4.69, 9.17) is 21.3 Å². The first-order chi connectivity index (χ1) is 15.7. The van der Waals surface area contributed by atoms with E-state index in [0.29, 0.717) is 10.8 Å². The minimum absolute atomic E-state index is 0.0471. The molecule has 0 unspecified atom stereocenters. The van der Waals surface area contributed by atoms with Crippen LogP contribution in [-0.4, -0.2) is 25.7 Å². The molecule has 7 nitrogen and oxygen atoms in total. The summed E-state index contributed by atoms with van der Waals surface area (Å²) >= 11 is 5.96. The molecule has 0 aliphatic carbocycles. The lowest BCUT2D eigenvalue weighted by atomic mass is 10.2. The van der Waals surface area contributed by atoms with Crippen LogP contribution in [-0.2, 0) is 27.9 Å². The summed E-state index contributed by atoms with van der Waals surface area (Å²) in [4.78, 5) is 11.9. The SMILES string of the molecule is CNC(=O)/C(C#N)=C\c1ccc(CN(Cc2ccc(Cl)cc2)S(=O)(=O)c2ccc(C)cc2)o1. The zero-order chi connectivity index (χ0) is 24.0. The molecular weight excluding hydrogens is 462 g/mol. The van der Waals surface area contributed by atoms with E-state index in [2.05, 4.69) is 5.32 Å². The Morgan fingerprint density at radius 2 is 1.76 bits per heavy atom. The summed E-state index contributed by atoms with van der Waals surface area (Å²) in [5, 5.41) is 12.1. The van der Waals surface area contributed by atoms with Crippen LogP contribution in [0, 0.1) is 18.3 Å². The van der Waals surface area contributed by atoms with Crippen molar-refractivity contribution in [1.29, 1.82) is 5.26 Å². The van der Waals surface area contributed by atoms with Gasteiger partial charge in [-0.05, 0) is 48.9 Å². The van der Waals surface area contributed by atoms with E-state index in [1.54, 1.807) is 60.7 Å². The van der Waals surface area contributed by atoms with E-state index in [0.717, 1.165) is 11.1 Å². The van der Waals surface area contributed by atoms with Crippen LogP contribution in [0.3, 0.4) is 0 Å². The molecule has 0 fully saturated rings. The van der Waals surface area contributed by atoms with Gasteiger partial charge in [-0.25, -0.2) is 8.42 Å². The zero-order valence-electron chi connectivity index (χ0n) is 18.1. The summed E-state index contributed by atoms with van der Waals surface area (Å²) in [5.74, 6) is 0.0891. The van der Waals surface area contributed by atoms with E-state index in [-0.39, 0.29) is 29.3 Å². The molecule has 1 heterocycles. The number of nitriles is 1. The number of carbonyl (C=O) groups is 1. The van der Waals surface area contributed by atoms with Crippen molar-refractivity contribution in [1.82, 2.24) is 9.62 Å². The van der Waals surface area contributed by atoms with E-state index in [9.17, 15) is 13.2 Å². The summed E-state index contributed by atoms with van der Waals surface area (Å²) in [6.07, 6.45) is 1.31. The molecule has 33 heavy (non-hydrogen) atoms. The second-order valence-corrected chi connectivity index (χ2v) is 9.64. The monoisotopic (exact) mass is 483 g/mol. The Bertz CT molecular complexity index is 1300. The van der Waals surface area contributed by atoms with Gasteiger partial charge in [0.25, 0.3) is 5.91 Å². The average molecular weight is 484 g/mol. The predicted molar refractivity (Wildman–Crippen MR) is 125 cm³/mol. The first-order valence-corrected chi connectivity index (χ1v) is 11.8. The van der Waals surface area contributed by atoms with Gasteiger partial charge in [0.1, 0.15) is 23.2 Å². The maximum absolute atomic E-state index is 13.4. The van der Waals surface area contributed by atoms with Gasteiger partial charge in [-0.15, -0.1) is 0 Å². The van der Waals surface area contributed by atoms with E-state index >= 15 is 0 Å². The van der Waals surface area contributed by atoms with E-state index in [1.165, 1.54) is 17.4 Å². The third-order valence-corrected chi connectivity index (χ3v) is 6.88. The van der Waals surface area contributed by atoms with Crippen LogP contribution >= 0.6 is 11.6 Å². The van der Waals surface area contributed by atoms with Gasteiger partial charge in [0, 0.05) is 24.7 Å².